The number of primary amides is 1. The first-order valence-electron chi connectivity index (χ1n) is 6.71. The minimum absolute atomic E-state index is 0.115. The van der Waals surface area contributed by atoms with Crippen molar-refractivity contribution in [3.8, 4) is 0 Å². The number of nitrogens with one attached hydrogen (secondary N) is 1. The van der Waals surface area contributed by atoms with Gasteiger partial charge in [0.15, 0.2) is 0 Å². The Kier molecular flexibility index (Phi) is 5.54. The summed E-state index contributed by atoms with van der Waals surface area (Å²) in [5, 5.41) is 6.65. The van der Waals surface area contributed by atoms with E-state index in [1.54, 1.807) is 16.8 Å². The second-order valence-corrected chi connectivity index (χ2v) is 5.82. The van der Waals surface area contributed by atoms with Crippen LogP contribution in [0.15, 0.2) is 16.8 Å². The highest BCUT2D eigenvalue weighted by atomic mass is 32.1. The first kappa shape index (κ1) is 15.7. The Morgan fingerprint density at radius 3 is 3.10 bits per heavy atom. The molecule has 2 rings (SSSR count). The van der Waals surface area contributed by atoms with E-state index in [4.69, 9.17) is 10.5 Å². The van der Waals surface area contributed by atoms with Gasteiger partial charge in [-0.25, -0.2) is 4.79 Å². The molecule has 1 aliphatic heterocycles. The van der Waals surface area contributed by atoms with Gasteiger partial charge in [-0.05, 0) is 18.5 Å². The highest BCUT2D eigenvalue weighted by Gasteiger charge is 2.25. The third kappa shape index (κ3) is 5.00. The number of hydrogen-bond acceptors (Lipinski definition) is 5. The van der Waals surface area contributed by atoms with Gasteiger partial charge in [-0.3, -0.25) is 9.69 Å². The third-order valence-electron chi connectivity index (χ3n) is 3.14. The average molecular weight is 312 g/mol. The highest BCUT2D eigenvalue weighted by Crippen LogP contribution is 2.14. The fourth-order valence-corrected chi connectivity index (χ4v) is 2.82. The number of thiophene rings is 1. The van der Waals surface area contributed by atoms with Gasteiger partial charge in [0.1, 0.15) is 0 Å². The lowest BCUT2D eigenvalue weighted by Crippen LogP contribution is -2.51. The SMILES string of the molecule is CN(CC(N)=O)C[C@@H]1CN(C(=O)Nc2ccsc2)CCO1. The lowest BCUT2D eigenvalue weighted by molar-refractivity contribution is -0.119. The van der Waals surface area contributed by atoms with E-state index in [0.29, 0.717) is 26.2 Å². The molecule has 7 nitrogen and oxygen atoms in total. The van der Waals surface area contributed by atoms with Crippen LogP contribution in [0, 0.1) is 0 Å². The normalized spacial score (nSPS) is 18.8. The zero-order valence-electron chi connectivity index (χ0n) is 11.9. The molecule has 2 heterocycles. The third-order valence-corrected chi connectivity index (χ3v) is 3.82. The van der Waals surface area contributed by atoms with Crippen molar-refractivity contribution in [3.05, 3.63) is 16.8 Å². The number of rotatable bonds is 5. The van der Waals surface area contributed by atoms with Crippen LogP contribution >= 0.6 is 11.3 Å². The van der Waals surface area contributed by atoms with Crippen LogP contribution in [0.2, 0.25) is 0 Å². The van der Waals surface area contributed by atoms with Crippen LogP contribution in [0.3, 0.4) is 0 Å². The molecule has 1 saturated heterocycles. The molecule has 8 heteroatoms. The number of anilines is 1. The first-order chi connectivity index (χ1) is 10.0. The molecule has 0 aromatic carbocycles. The maximum Gasteiger partial charge on any atom is 0.322 e. The van der Waals surface area contributed by atoms with Crippen molar-refractivity contribution in [2.24, 2.45) is 5.73 Å². The van der Waals surface area contributed by atoms with Gasteiger partial charge in [0.05, 0.1) is 24.9 Å². The number of nitrogens with zero attached hydrogens (tertiary/aromatic N) is 2. The molecule has 1 aromatic rings. The maximum atomic E-state index is 12.2. The lowest BCUT2D eigenvalue weighted by atomic mass is 10.2. The fraction of sp³-hybridized carbons (Fsp3) is 0.538. The first-order valence-corrected chi connectivity index (χ1v) is 7.65. The molecule has 21 heavy (non-hydrogen) atoms. The van der Waals surface area contributed by atoms with E-state index in [0.717, 1.165) is 5.69 Å². The van der Waals surface area contributed by atoms with E-state index >= 15 is 0 Å². The lowest BCUT2D eigenvalue weighted by Gasteiger charge is -2.34. The number of morpholine rings is 1. The van der Waals surface area contributed by atoms with Crippen molar-refractivity contribution < 1.29 is 14.3 Å². The molecule has 1 atom stereocenters. The number of urea groups is 1. The molecule has 0 unspecified atom stereocenters. The smallest absolute Gasteiger partial charge is 0.322 e. The number of carbonyl (C=O) groups excluding carboxylic acids is 2. The van der Waals surface area contributed by atoms with E-state index in [1.165, 1.54) is 11.3 Å². The predicted molar refractivity (Wildman–Crippen MR) is 81.3 cm³/mol. The summed E-state index contributed by atoms with van der Waals surface area (Å²) in [7, 11) is 1.80. The summed E-state index contributed by atoms with van der Waals surface area (Å²) in [6, 6.07) is 1.74. The molecule has 1 fully saturated rings. The van der Waals surface area contributed by atoms with Crippen LogP contribution in [-0.4, -0.2) is 67.7 Å². The zero-order chi connectivity index (χ0) is 15.2. The molecule has 0 radical (unpaired) electrons. The standard InChI is InChI=1S/C13H20N4O3S/c1-16(8-12(14)18)6-11-7-17(3-4-20-11)13(19)15-10-2-5-21-9-10/h2,5,9,11H,3-4,6-8H2,1H3,(H2,14,18)(H,15,19)/t11-/m1/s1. The van der Waals surface area contributed by atoms with Gasteiger partial charge >= 0.3 is 6.03 Å². The van der Waals surface area contributed by atoms with Gasteiger partial charge in [-0.2, -0.15) is 11.3 Å². The molecular formula is C13H20N4O3S. The molecule has 1 aliphatic rings. The number of hydrogen-bond donors (Lipinski definition) is 2. The zero-order valence-corrected chi connectivity index (χ0v) is 12.8. The average Bonchev–Trinajstić information content (AvgIpc) is 2.90. The van der Waals surface area contributed by atoms with Crippen molar-refractivity contribution >= 4 is 29.0 Å². The van der Waals surface area contributed by atoms with Gasteiger partial charge in [-0.1, -0.05) is 0 Å². The van der Waals surface area contributed by atoms with Gasteiger partial charge in [0.25, 0.3) is 0 Å². The van der Waals surface area contributed by atoms with E-state index in [9.17, 15) is 9.59 Å². The Labute approximate surface area is 127 Å². The molecule has 0 bridgehead atoms. The Morgan fingerprint density at radius 1 is 1.62 bits per heavy atom. The Balaban J connectivity index is 1.82. The van der Waals surface area contributed by atoms with E-state index in [1.807, 2.05) is 16.8 Å². The summed E-state index contributed by atoms with van der Waals surface area (Å²) in [6.07, 6.45) is -0.115. The summed E-state index contributed by atoms with van der Waals surface area (Å²) in [5.41, 5.74) is 5.96. The molecule has 0 spiro atoms. The second-order valence-electron chi connectivity index (χ2n) is 5.04. The van der Waals surface area contributed by atoms with Crippen LogP contribution < -0.4 is 11.1 Å². The summed E-state index contributed by atoms with van der Waals surface area (Å²) in [5.74, 6) is -0.375. The largest absolute Gasteiger partial charge is 0.373 e. The second kappa shape index (κ2) is 7.39. The van der Waals surface area contributed by atoms with E-state index in [2.05, 4.69) is 5.32 Å². The van der Waals surface area contributed by atoms with Crippen LogP contribution in [0.5, 0.6) is 0 Å². The highest BCUT2D eigenvalue weighted by molar-refractivity contribution is 7.08. The summed E-state index contributed by atoms with van der Waals surface area (Å²) < 4.78 is 5.63. The van der Waals surface area contributed by atoms with Crippen LogP contribution in [0.25, 0.3) is 0 Å². The Morgan fingerprint density at radius 2 is 2.43 bits per heavy atom. The number of ether oxygens (including phenoxy) is 1. The molecule has 116 valence electrons. The van der Waals surface area contributed by atoms with Gasteiger partial charge in [0.2, 0.25) is 5.91 Å². The molecule has 0 aliphatic carbocycles. The van der Waals surface area contributed by atoms with Crippen LogP contribution in [0.4, 0.5) is 10.5 Å². The maximum absolute atomic E-state index is 12.2. The van der Waals surface area contributed by atoms with Crippen molar-refractivity contribution in [2.45, 2.75) is 6.10 Å². The molecule has 3 amide bonds. The van der Waals surface area contributed by atoms with Crippen molar-refractivity contribution in [3.63, 3.8) is 0 Å². The minimum atomic E-state index is -0.375. The molecule has 3 N–H and O–H groups in total. The molecule has 0 saturated carbocycles. The Hall–Kier alpha value is -1.64. The monoisotopic (exact) mass is 312 g/mol. The molecular weight excluding hydrogens is 292 g/mol. The van der Waals surface area contributed by atoms with Crippen molar-refractivity contribution in [1.29, 1.82) is 0 Å². The summed E-state index contributed by atoms with van der Waals surface area (Å²) in [6.45, 7) is 2.29. The van der Waals surface area contributed by atoms with Crippen molar-refractivity contribution in [1.82, 2.24) is 9.80 Å². The number of carbonyl (C=O) groups is 2. The Bertz CT molecular complexity index is 480. The van der Waals surface area contributed by atoms with Crippen LogP contribution in [0.1, 0.15) is 0 Å². The van der Waals surface area contributed by atoms with E-state index in [-0.39, 0.29) is 24.6 Å². The number of nitrogens with two attached hydrogens (primary N) is 1. The summed E-state index contributed by atoms with van der Waals surface area (Å²) >= 11 is 1.53. The predicted octanol–water partition coefficient (Wildman–Crippen LogP) is 0.398. The van der Waals surface area contributed by atoms with Crippen molar-refractivity contribution in [2.75, 3.05) is 45.2 Å². The number of likely N-dealkylation sites (N-methyl/N-ethyl adjacent to an activating group) is 1. The molecule has 1 aromatic heterocycles. The number of amides is 3. The summed E-state index contributed by atoms with van der Waals surface area (Å²) in [4.78, 5) is 26.5. The van der Waals surface area contributed by atoms with Gasteiger partial charge in [0, 0.05) is 25.0 Å². The fourth-order valence-electron chi connectivity index (χ4n) is 2.23. The van der Waals surface area contributed by atoms with E-state index < -0.39 is 0 Å². The van der Waals surface area contributed by atoms with Gasteiger partial charge < -0.3 is 20.7 Å². The minimum Gasteiger partial charge on any atom is -0.373 e. The van der Waals surface area contributed by atoms with Crippen LogP contribution in [-0.2, 0) is 9.53 Å². The van der Waals surface area contributed by atoms with Gasteiger partial charge in [-0.15, -0.1) is 0 Å². The quantitative estimate of drug-likeness (QED) is 0.824. The topological polar surface area (TPSA) is 87.9 Å².